The lowest BCUT2D eigenvalue weighted by Crippen LogP contribution is -2.03. The second-order valence-electron chi connectivity index (χ2n) is 2.69. The zero-order valence-electron chi connectivity index (χ0n) is 8.06. The fourth-order valence-electron chi connectivity index (χ4n) is 0.974. The molecule has 1 aromatic rings. The first kappa shape index (κ1) is 11.0. The molecule has 0 aliphatic rings. The third-order valence-electron chi connectivity index (χ3n) is 1.65. The zero-order chi connectivity index (χ0) is 11.3. The molecule has 6 nitrogen and oxygen atoms in total. The molecule has 6 heteroatoms. The second kappa shape index (κ2) is 4.94. The van der Waals surface area contributed by atoms with Gasteiger partial charge in [0.2, 0.25) is 0 Å². The normalized spacial score (nSPS) is 10.5. The van der Waals surface area contributed by atoms with Gasteiger partial charge in [-0.05, 0) is 0 Å². The lowest BCUT2D eigenvalue weighted by atomic mass is 10.2. The molecule has 0 unspecified atom stereocenters. The standard InChI is InChI=1S/C9H10N2O4/c1-15-9(14)8-6(5-10-11-8)3-2-4-7(12)13/h2-3,5H,4H2,1H3,(H,10,11)(H,12,13). The number of nitrogens with zero attached hydrogens (tertiary/aromatic N) is 1. The fourth-order valence-corrected chi connectivity index (χ4v) is 0.974. The molecule has 15 heavy (non-hydrogen) atoms. The summed E-state index contributed by atoms with van der Waals surface area (Å²) in [6.45, 7) is 0. The topological polar surface area (TPSA) is 92.3 Å². The first-order valence-corrected chi connectivity index (χ1v) is 4.15. The molecule has 2 N–H and O–H groups in total. The van der Waals surface area contributed by atoms with Gasteiger partial charge in [-0.15, -0.1) is 0 Å². The van der Waals surface area contributed by atoms with Gasteiger partial charge in [-0.3, -0.25) is 9.89 Å². The predicted octanol–water partition coefficient (Wildman–Crippen LogP) is 0.684. The highest BCUT2D eigenvalue weighted by Gasteiger charge is 2.11. The summed E-state index contributed by atoms with van der Waals surface area (Å²) in [6, 6.07) is 0. The number of ether oxygens (including phenoxy) is 1. The van der Waals surface area contributed by atoms with Gasteiger partial charge in [0, 0.05) is 5.56 Å². The van der Waals surface area contributed by atoms with Crippen LogP contribution in [0.15, 0.2) is 12.3 Å². The summed E-state index contributed by atoms with van der Waals surface area (Å²) in [5.74, 6) is -1.48. The minimum Gasteiger partial charge on any atom is -0.481 e. The number of hydrogen-bond donors (Lipinski definition) is 2. The third-order valence-corrected chi connectivity index (χ3v) is 1.65. The van der Waals surface area contributed by atoms with Crippen LogP contribution >= 0.6 is 0 Å². The molecule has 0 aromatic carbocycles. The van der Waals surface area contributed by atoms with E-state index in [2.05, 4.69) is 14.9 Å². The molecule has 0 atom stereocenters. The number of rotatable bonds is 4. The Morgan fingerprint density at radius 2 is 2.40 bits per heavy atom. The van der Waals surface area contributed by atoms with E-state index in [0.29, 0.717) is 5.56 Å². The SMILES string of the molecule is COC(=O)c1[nH]ncc1C=CCC(=O)O. The number of carboxylic acid groups (broad SMARTS) is 1. The highest BCUT2D eigenvalue weighted by Crippen LogP contribution is 2.08. The van der Waals surface area contributed by atoms with Crippen LogP contribution in [-0.2, 0) is 9.53 Å². The molecule has 0 bridgehead atoms. The van der Waals surface area contributed by atoms with Crippen LogP contribution in [0.5, 0.6) is 0 Å². The van der Waals surface area contributed by atoms with Crippen molar-refractivity contribution in [3.05, 3.63) is 23.5 Å². The highest BCUT2D eigenvalue weighted by atomic mass is 16.5. The van der Waals surface area contributed by atoms with E-state index in [1.54, 1.807) is 0 Å². The molecule has 0 saturated heterocycles. The van der Waals surface area contributed by atoms with Crippen molar-refractivity contribution in [2.24, 2.45) is 0 Å². The van der Waals surface area contributed by atoms with Gasteiger partial charge in [0.05, 0.1) is 19.7 Å². The van der Waals surface area contributed by atoms with Crippen LogP contribution in [0.4, 0.5) is 0 Å². The van der Waals surface area contributed by atoms with Crippen LogP contribution < -0.4 is 0 Å². The van der Waals surface area contributed by atoms with Crippen molar-refractivity contribution in [3.63, 3.8) is 0 Å². The number of aromatic amines is 1. The summed E-state index contributed by atoms with van der Waals surface area (Å²) < 4.78 is 4.50. The Hall–Kier alpha value is -2.11. The van der Waals surface area contributed by atoms with Crippen molar-refractivity contribution >= 4 is 18.0 Å². The average Bonchev–Trinajstić information content (AvgIpc) is 2.64. The maximum Gasteiger partial charge on any atom is 0.356 e. The molecule has 1 rings (SSSR count). The number of aliphatic carboxylic acids is 1. The Morgan fingerprint density at radius 3 is 3.00 bits per heavy atom. The number of nitrogens with one attached hydrogen (secondary N) is 1. The molecular formula is C9H10N2O4. The number of methoxy groups -OCH3 is 1. The lowest BCUT2D eigenvalue weighted by Gasteiger charge is -1.95. The fraction of sp³-hybridized carbons (Fsp3) is 0.222. The zero-order valence-corrected chi connectivity index (χ0v) is 8.06. The summed E-state index contributed by atoms with van der Waals surface area (Å²) in [5, 5.41) is 14.5. The minimum atomic E-state index is -0.936. The van der Waals surface area contributed by atoms with Crippen LogP contribution in [0.2, 0.25) is 0 Å². The average molecular weight is 210 g/mol. The third kappa shape index (κ3) is 2.94. The van der Waals surface area contributed by atoms with Crippen LogP contribution in [-0.4, -0.2) is 34.4 Å². The molecule has 1 heterocycles. The molecule has 0 amide bonds. The van der Waals surface area contributed by atoms with E-state index < -0.39 is 11.9 Å². The lowest BCUT2D eigenvalue weighted by molar-refractivity contribution is -0.135. The van der Waals surface area contributed by atoms with Crippen molar-refractivity contribution in [2.75, 3.05) is 7.11 Å². The van der Waals surface area contributed by atoms with Gasteiger partial charge < -0.3 is 9.84 Å². The van der Waals surface area contributed by atoms with E-state index in [-0.39, 0.29) is 12.1 Å². The molecule has 0 aliphatic heterocycles. The molecule has 80 valence electrons. The van der Waals surface area contributed by atoms with Crippen LogP contribution in [0.3, 0.4) is 0 Å². The van der Waals surface area contributed by atoms with Gasteiger partial charge in [0.1, 0.15) is 0 Å². The molecular weight excluding hydrogens is 200 g/mol. The van der Waals surface area contributed by atoms with Gasteiger partial charge in [0.25, 0.3) is 0 Å². The van der Waals surface area contributed by atoms with Crippen molar-refractivity contribution in [1.29, 1.82) is 0 Å². The maximum absolute atomic E-state index is 11.1. The van der Waals surface area contributed by atoms with E-state index in [1.807, 2.05) is 0 Å². The summed E-state index contributed by atoms with van der Waals surface area (Å²) in [7, 11) is 1.26. The highest BCUT2D eigenvalue weighted by molar-refractivity contribution is 5.91. The van der Waals surface area contributed by atoms with E-state index >= 15 is 0 Å². The number of H-pyrrole nitrogens is 1. The van der Waals surface area contributed by atoms with Crippen LogP contribution in [0.1, 0.15) is 22.5 Å². The van der Waals surface area contributed by atoms with Crippen molar-refractivity contribution in [1.82, 2.24) is 10.2 Å². The van der Waals surface area contributed by atoms with Crippen LogP contribution in [0, 0.1) is 0 Å². The summed E-state index contributed by atoms with van der Waals surface area (Å²) >= 11 is 0. The second-order valence-corrected chi connectivity index (χ2v) is 2.69. The van der Waals surface area contributed by atoms with Gasteiger partial charge >= 0.3 is 11.9 Å². The van der Waals surface area contributed by atoms with Crippen molar-refractivity contribution in [3.8, 4) is 0 Å². The van der Waals surface area contributed by atoms with Gasteiger partial charge in [-0.25, -0.2) is 4.79 Å². The smallest absolute Gasteiger partial charge is 0.356 e. The summed E-state index contributed by atoms with van der Waals surface area (Å²) in [4.78, 5) is 21.4. The monoisotopic (exact) mass is 210 g/mol. The Bertz CT molecular complexity index is 395. The van der Waals surface area contributed by atoms with Gasteiger partial charge in [-0.2, -0.15) is 5.10 Å². The van der Waals surface area contributed by atoms with Gasteiger partial charge in [-0.1, -0.05) is 12.2 Å². The Morgan fingerprint density at radius 1 is 1.67 bits per heavy atom. The molecule has 0 spiro atoms. The molecule has 0 fully saturated rings. The number of aromatic nitrogens is 2. The van der Waals surface area contributed by atoms with Crippen molar-refractivity contribution in [2.45, 2.75) is 6.42 Å². The molecule has 0 radical (unpaired) electrons. The quantitative estimate of drug-likeness (QED) is 0.713. The van der Waals surface area contributed by atoms with Crippen molar-refractivity contribution < 1.29 is 19.4 Å². The summed E-state index contributed by atoms with van der Waals surface area (Å²) in [6.07, 6.45) is 4.25. The number of carbonyl (C=O) groups excluding carboxylic acids is 1. The Labute approximate surface area is 85.6 Å². The Balaban J connectivity index is 2.77. The van der Waals surface area contributed by atoms with E-state index in [0.717, 1.165) is 0 Å². The first-order chi connectivity index (χ1) is 7.15. The number of esters is 1. The maximum atomic E-state index is 11.1. The molecule has 1 aromatic heterocycles. The van der Waals surface area contributed by atoms with E-state index in [1.165, 1.54) is 25.5 Å². The number of carboxylic acids is 1. The first-order valence-electron chi connectivity index (χ1n) is 4.15. The largest absolute Gasteiger partial charge is 0.481 e. The van der Waals surface area contributed by atoms with E-state index in [9.17, 15) is 9.59 Å². The Kier molecular flexibility index (Phi) is 3.61. The summed E-state index contributed by atoms with van der Waals surface area (Å²) in [5.41, 5.74) is 0.710. The number of carbonyl (C=O) groups is 2. The minimum absolute atomic E-state index is 0.105. The number of hydrogen-bond acceptors (Lipinski definition) is 4. The molecule has 0 aliphatic carbocycles. The predicted molar refractivity (Wildman–Crippen MR) is 51.2 cm³/mol. The van der Waals surface area contributed by atoms with Gasteiger partial charge in [0.15, 0.2) is 5.69 Å². The molecule has 0 saturated carbocycles. The van der Waals surface area contributed by atoms with E-state index in [4.69, 9.17) is 5.11 Å². The van der Waals surface area contributed by atoms with Crippen LogP contribution in [0.25, 0.3) is 6.08 Å².